The van der Waals surface area contributed by atoms with E-state index in [1.807, 2.05) is 38.1 Å². The monoisotopic (exact) mass is 314 g/mol. The molecule has 0 aliphatic carbocycles. The van der Waals surface area contributed by atoms with E-state index < -0.39 is 0 Å². The summed E-state index contributed by atoms with van der Waals surface area (Å²) in [6.07, 6.45) is 0. The summed E-state index contributed by atoms with van der Waals surface area (Å²) in [5.41, 5.74) is 0. The molecule has 0 saturated heterocycles. The Morgan fingerprint density at radius 3 is 2.61 bits per heavy atom. The summed E-state index contributed by atoms with van der Waals surface area (Å²) in [6.45, 7) is 6.30. The molecule has 0 aliphatic rings. The zero-order valence-corrected chi connectivity index (χ0v) is 12.4. The van der Waals surface area contributed by atoms with Crippen LogP contribution in [0.5, 0.6) is 5.75 Å². The topological polar surface area (TPSA) is 41.6 Å². The molecule has 0 heterocycles. The molecule has 0 fully saturated rings. The molecular formula is C13H19BrN2O2. The fraction of sp³-hybridized carbons (Fsp3) is 0.462. The Balaban J connectivity index is 2.27. The highest BCUT2D eigenvalue weighted by Gasteiger charge is 2.07. The largest absolute Gasteiger partial charge is 0.491 e. The SMILES string of the molecule is CCN(CC)C(=O)NCCOc1ccccc1Br. The lowest BCUT2D eigenvalue weighted by Gasteiger charge is -2.19. The predicted molar refractivity (Wildman–Crippen MR) is 76.0 cm³/mol. The minimum absolute atomic E-state index is 0.0456. The molecular weight excluding hydrogens is 296 g/mol. The van der Waals surface area contributed by atoms with Crippen molar-refractivity contribution in [2.45, 2.75) is 13.8 Å². The summed E-state index contributed by atoms with van der Waals surface area (Å²) < 4.78 is 6.47. The van der Waals surface area contributed by atoms with Gasteiger partial charge in [-0.1, -0.05) is 12.1 Å². The molecule has 0 saturated carbocycles. The molecule has 100 valence electrons. The summed E-state index contributed by atoms with van der Waals surface area (Å²) in [5, 5.41) is 2.82. The fourth-order valence-corrected chi connectivity index (χ4v) is 1.90. The van der Waals surface area contributed by atoms with Crippen LogP contribution in [0, 0.1) is 0 Å². The van der Waals surface area contributed by atoms with Gasteiger partial charge in [0.05, 0.1) is 11.0 Å². The highest BCUT2D eigenvalue weighted by atomic mass is 79.9. The third-order valence-electron chi connectivity index (χ3n) is 2.52. The van der Waals surface area contributed by atoms with Gasteiger partial charge in [0.25, 0.3) is 0 Å². The van der Waals surface area contributed by atoms with E-state index >= 15 is 0 Å². The van der Waals surface area contributed by atoms with Gasteiger partial charge >= 0.3 is 6.03 Å². The van der Waals surface area contributed by atoms with E-state index in [-0.39, 0.29) is 6.03 Å². The molecule has 5 heteroatoms. The Kier molecular flexibility index (Phi) is 6.57. The zero-order valence-electron chi connectivity index (χ0n) is 10.8. The summed E-state index contributed by atoms with van der Waals surface area (Å²) in [7, 11) is 0. The molecule has 0 radical (unpaired) electrons. The quantitative estimate of drug-likeness (QED) is 0.820. The first kappa shape index (κ1) is 14.8. The summed E-state index contributed by atoms with van der Waals surface area (Å²) in [4.78, 5) is 13.4. The molecule has 18 heavy (non-hydrogen) atoms. The number of rotatable bonds is 6. The van der Waals surface area contributed by atoms with Crippen molar-refractivity contribution < 1.29 is 9.53 Å². The van der Waals surface area contributed by atoms with Gasteiger partial charge in [-0.15, -0.1) is 0 Å². The first-order valence-corrected chi connectivity index (χ1v) is 6.88. The number of carbonyl (C=O) groups is 1. The second-order valence-electron chi connectivity index (χ2n) is 3.68. The summed E-state index contributed by atoms with van der Waals surface area (Å²) in [5.74, 6) is 0.787. The molecule has 0 aliphatic heterocycles. The van der Waals surface area contributed by atoms with Gasteiger partial charge in [0.1, 0.15) is 12.4 Å². The van der Waals surface area contributed by atoms with Crippen LogP contribution in [-0.2, 0) is 0 Å². The van der Waals surface area contributed by atoms with Crippen molar-refractivity contribution >= 4 is 22.0 Å². The van der Waals surface area contributed by atoms with Crippen LogP contribution in [0.2, 0.25) is 0 Å². The van der Waals surface area contributed by atoms with Crippen LogP contribution in [0.1, 0.15) is 13.8 Å². The number of carbonyl (C=O) groups excluding carboxylic acids is 1. The summed E-state index contributed by atoms with van der Waals surface area (Å²) in [6, 6.07) is 7.60. The highest BCUT2D eigenvalue weighted by molar-refractivity contribution is 9.10. The maximum absolute atomic E-state index is 11.6. The van der Waals surface area contributed by atoms with Crippen molar-refractivity contribution in [1.29, 1.82) is 0 Å². The molecule has 2 amide bonds. The maximum Gasteiger partial charge on any atom is 0.317 e. The summed E-state index contributed by atoms with van der Waals surface area (Å²) >= 11 is 3.40. The van der Waals surface area contributed by atoms with Gasteiger partial charge in [0, 0.05) is 13.1 Å². The lowest BCUT2D eigenvalue weighted by atomic mass is 10.3. The van der Waals surface area contributed by atoms with E-state index in [1.54, 1.807) is 4.90 Å². The number of para-hydroxylation sites is 1. The number of hydrogen-bond donors (Lipinski definition) is 1. The second kappa shape index (κ2) is 7.97. The van der Waals surface area contributed by atoms with E-state index in [2.05, 4.69) is 21.2 Å². The molecule has 4 nitrogen and oxygen atoms in total. The number of amides is 2. The minimum Gasteiger partial charge on any atom is -0.491 e. The van der Waals surface area contributed by atoms with E-state index in [9.17, 15) is 4.79 Å². The highest BCUT2D eigenvalue weighted by Crippen LogP contribution is 2.23. The predicted octanol–water partition coefficient (Wildman–Crippen LogP) is 2.88. The minimum atomic E-state index is -0.0456. The van der Waals surface area contributed by atoms with Crippen LogP contribution in [-0.4, -0.2) is 37.2 Å². The lowest BCUT2D eigenvalue weighted by Crippen LogP contribution is -2.41. The number of nitrogens with one attached hydrogen (secondary N) is 1. The molecule has 0 atom stereocenters. The molecule has 1 aromatic rings. The van der Waals surface area contributed by atoms with Crippen LogP contribution >= 0.6 is 15.9 Å². The van der Waals surface area contributed by atoms with Crippen molar-refractivity contribution in [2.24, 2.45) is 0 Å². The number of halogens is 1. The molecule has 0 unspecified atom stereocenters. The molecule has 0 aromatic heterocycles. The average Bonchev–Trinajstić information content (AvgIpc) is 2.38. The van der Waals surface area contributed by atoms with Crippen LogP contribution in [0.3, 0.4) is 0 Å². The first-order valence-electron chi connectivity index (χ1n) is 6.09. The third-order valence-corrected chi connectivity index (χ3v) is 3.18. The number of hydrogen-bond acceptors (Lipinski definition) is 2. The Hall–Kier alpha value is -1.23. The third kappa shape index (κ3) is 4.56. The maximum atomic E-state index is 11.6. The lowest BCUT2D eigenvalue weighted by molar-refractivity contribution is 0.200. The van der Waals surface area contributed by atoms with Crippen LogP contribution in [0.25, 0.3) is 0 Å². The van der Waals surface area contributed by atoms with Crippen molar-refractivity contribution in [3.63, 3.8) is 0 Å². The molecule has 0 spiro atoms. The number of nitrogens with zero attached hydrogens (tertiary/aromatic N) is 1. The number of benzene rings is 1. The smallest absolute Gasteiger partial charge is 0.317 e. The van der Waals surface area contributed by atoms with Gasteiger partial charge < -0.3 is 15.0 Å². The standard InChI is InChI=1S/C13H19BrN2O2/c1-3-16(4-2)13(17)15-9-10-18-12-8-6-5-7-11(12)14/h5-8H,3-4,9-10H2,1-2H3,(H,15,17). The number of ether oxygens (including phenoxy) is 1. The Morgan fingerprint density at radius 1 is 1.33 bits per heavy atom. The van der Waals surface area contributed by atoms with Crippen molar-refractivity contribution in [1.82, 2.24) is 10.2 Å². The molecule has 0 bridgehead atoms. The van der Waals surface area contributed by atoms with E-state index in [0.29, 0.717) is 26.2 Å². The average molecular weight is 315 g/mol. The van der Waals surface area contributed by atoms with Gasteiger partial charge in [-0.25, -0.2) is 4.79 Å². The molecule has 1 rings (SSSR count). The van der Waals surface area contributed by atoms with Crippen molar-refractivity contribution in [2.75, 3.05) is 26.2 Å². The Bertz CT molecular complexity index is 381. The van der Waals surface area contributed by atoms with Crippen LogP contribution < -0.4 is 10.1 Å². The van der Waals surface area contributed by atoms with Crippen LogP contribution in [0.15, 0.2) is 28.7 Å². The van der Waals surface area contributed by atoms with E-state index in [4.69, 9.17) is 4.74 Å². The van der Waals surface area contributed by atoms with Crippen LogP contribution in [0.4, 0.5) is 4.79 Å². The van der Waals surface area contributed by atoms with E-state index in [1.165, 1.54) is 0 Å². The zero-order chi connectivity index (χ0) is 13.4. The van der Waals surface area contributed by atoms with E-state index in [0.717, 1.165) is 10.2 Å². The Morgan fingerprint density at radius 2 is 2.00 bits per heavy atom. The number of urea groups is 1. The van der Waals surface area contributed by atoms with Gasteiger partial charge in [-0.05, 0) is 41.9 Å². The normalized spacial score (nSPS) is 9.94. The first-order chi connectivity index (χ1) is 8.69. The van der Waals surface area contributed by atoms with Gasteiger partial charge in [0.15, 0.2) is 0 Å². The fourth-order valence-electron chi connectivity index (χ4n) is 1.50. The Labute approximate surface area is 116 Å². The van der Waals surface area contributed by atoms with Gasteiger partial charge in [-0.2, -0.15) is 0 Å². The van der Waals surface area contributed by atoms with Gasteiger partial charge in [-0.3, -0.25) is 0 Å². The molecule has 1 aromatic carbocycles. The van der Waals surface area contributed by atoms with Crippen molar-refractivity contribution in [3.05, 3.63) is 28.7 Å². The van der Waals surface area contributed by atoms with Gasteiger partial charge in [0.2, 0.25) is 0 Å². The van der Waals surface area contributed by atoms with Crippen molar-refractivity contribution in [3.8, 4) is 5.75 Å². The molecule has 1 N–H and O–H groups in total. The second-order valence-corrected chi connectivity index (χ2v) is 4.54.